The van der Waals surface area contributed by atoms with Crippen LogP contribution >= 0.6 is 11.6 Å². The van der Waals surface area contributed by atoms with Crippen LogP contribution in [-0.4, -0.2) is 85.8 Å². The van der Waals surface area contributed by atoms with Crippen molar-refractivity contribution in [1.29, 1.82) is 0 Å². The summed E-state index contributed by atoms with van der Waals surface area (Å²) in [6.45, 7) is 6.69. The molecular formula is C41H42ClN9O8. The number of ether oxygens (including phenoxy) is 4. The lowest BCUT2D eigenvalue weighted by Gasteiger charge is -2.23. The second-order valence-electron chi connectivity index (χ2n) is 13.6. The van der Waals surface area contributed by atoms with E-state index in [0.717, 1.165) is 42.5 Å². The quantitative estimate of drug-likeness (QED) is 0.147. The first kappa shape index (κ1) is 40.9. The number of aromatic nitrogens is 7. The van der Waals surface area contributed by atoms with Crippen LogP contribution in [0.1, 0.15) is 69.2 Å². The molecule has 2 N–H and O–H groups in total. The van der Waals surface area contributed by atoms with E-state index in [0.29, 0.717) is 71.5 Å². The van der Waals surface area contributed by atoms with E-state index in [1.54, 1.807) is 55.7 Å². The molecule has 2 saturated heterocycles. The number of carbonyl (C=O) groups is 2. The summed E-state index contributed by atoms with van der Waals surface area (Å²) in [4.78, 5) is 37.5. The number of nitrogens with zero attached hydrogens (tertiary/aromatic N) is 7. The molecule has 0 bridgehead atoms. The zero-order valence-electron chi connectivity index (χ0n) is 32.4. The van der Waals surface area contributed by atoms with E-state index in [9.17, 15) is 9.59 Å². The highest BCUT2D eigenvalue weighted by Crippen LogP contribution is 2.27. The SMILES string of the molecule is Cc1onc(-c2ccc(Cl)cn2)c1COc1ccc(C(=O)NC2CCOCC2)nn1.Cc1onc(-c2ccccn2)c1COc1ccc(C(=O)NC2CCOCC2)cn1. The third kappa shape index (κ3) is 11.0. The van der Waals surface area contributed by atoms with Gasteiger partial charge < -0.3 is 38.6 Å². The zero-order chi connectivity index (χ0) is 41.0. The Morgan fingerprint density at radius 1 is 0.678 bits per heavy atom. The first-order chi connectivity index (χ1) is 28.8. The minimum Gasteiger partial charge on any atom is -0.473 e. The summed E-state index contributed by atoms with van der Waals surface area (Å²) in [6, 6.07) is 15.9. The fourth-order valence-corrected chi connectivity index (χ4v) is 6.28. The third-order valence-electron chi connectivity index (χ3n) is 9.56. The van der Waals surface area contributed by atoms with Gasteiger partial charge in [-0.2, -0.15) is 0 Å². The average Bonchev–Trinajstić information content (AvgIpc) is 3.84. The summed E-state index contributed by atoms with van der Waals surface area (Å²) >= 11 is 5.89. The summed E-state index contributed by atoms with van der Waals surface area (Å²) in [5.74, 6) is 1.59. The summed E-state index contributed by atoms with van der Waals surface area (Å²) in [5, 5.41) is 22.6. The van der Waals surface area contributed by atoms with Gasteiger partial charge in [-0.15, -0.1) is 10.2 Å². The molecule has 0 saturated carbocycles. The van der Waals surface area contributed by atoms with Gasteiger partial charge in [0.2, 0.25) is 11.8 Å². The zero-order valence-corrected chi connectivity index (χ0v) is 33.2. The number of nitrogens with one attached hydrogen (secondary N) is 2. The highest BCUT2D eigenvalue weighted by Gasteiger charge is 2.21. The monoisotopic (exact) mass is 823 g/mol. The lowest BCUT2D eigenvalue weighted by molar-refractivity contribution is 0.0688. The molecule has 0 aromatic carbocycles. The predicted molar refractivity (Wildman–Crippen MR) is 211 cm³/mol. The average molecular weight is 824 g/mol. The molecule has 6 aromatic rings. The van der Waals surface area contributed by atoms with Crippen LogP contribution in [0.25, 0.3) is 22.8 Å². The van der Waals surface area contributed by atoms with Crippen molar-refractivity contribution in [2.45, 2.75) is 64.8 Å². The van der Waals surface area contributed by atoms with Crippen LogP contribution in [0.3, 0.4) is 0 Å². The highest BCUT2D eigenvalue weighted by molar-refractivity contribution is 6.30. The summed E-state index contributed by atoms with van der Waals surface area (Å²) in [6.07, 6.45) is 8.02. The number of hydrogen-bond acceptors (Lipinski definition) is 15. The van der Waals surface area contributed by atoms with Gasteiger partial charge >= 0.3 is 0 Å². The molecule has 8 rings (SSSR count). The van der Waals surface area contributed by atoms with Crippen LogP contribution in [-0.2, 0) is 22.7 Å². The van der Waals surface area contributed by atoms with E-state index in [2.05, 4.69) is 46.1 Å². The van der Waals surface area contributed by atoms with Crippen molar-refractivity contribution in [2.24, 2.45) is 0 Å². The molecule has 59 heavy (non-hydrogen) atoms. The Bertz CT molecular complexity index is 2280. The van der Waals surface area contributed by atoms with Gasteiger partial charge in [0.15, 0.2) is 5.69 Å². The molecule has 2 fully saturated rings. The minimum absolute atomic E-state index is 0.0976. The van der Waals surface area contributed by atoms with E-state index in [1.807, 2.05) is 25.1 Å². The first-order valence-corrected chi connectivity index (χ1v) is 19.4. The number of amides is 2. The van der Waals surface area contributed by atoms with Gasteiger partial charge in [-0.1, -0.05) is 28.0 Å². The third-order valence-corrected chi connectivity index (χ3v) is 9.78. The number of aryl methyl sites for hydroxylation is 2. The maximum atomic E-state index is 12.4. The number of pyridine rings is 3. The van der Waals surface area contributed by atoms with Gasteiger partial charge in [0.25, 0.3) is 11.8 Å². The lowest BCUT2D eigenvalue weighted by Crippen LogP contribution is -2.39. The topological polar surface area (TPSA) is 212 Å². The van der Waals surface area contributed by atoms with E-state index >= 15 is 0 Å². The van der Waals surface area contributed by atoms with Crippen LogP contribution in [0.2, 0.25) is 5.02 Å². The second-order valence-corrected chi connectivity index (χ2v) is 14.1. The molecule has 0 spiro atoms. The normalized spacial score (nSPS) is 14.5. The number of carbonyl (C=O) groups excluding carboxylic acids is 2. The molecule has 6 aromatic heterocycles. The Balaban J connectivity index is 0.000000179. The van der Waals surface area contributed by atoms with Crippen molar-refractivity contribution in [3.05, 3.63) is 112 Å². The molecule has 0 radical (unpaired) electrons. The predicted octanol–water partition coefficient (Wildman–Crippen LogP) is 5.90. The van der Waals surface area contributed by atoms with E-state index in [1.165, 1.54) is 6.20 Å². The Kier molecular flexibility index (Phi) is 13.8. The molecule has 8 heterocycles. The second kappa shape index (κ2) is 19.9. The molecule has 2 aliphatic rings. The van der Waals surface area contributed by atoms with Gasteiger partial charge in [0.05, 0.1) is 33.1 Å². The summed E-state index contributed by atoms with van der Waals surface area (Å²) < 4.78 is 32.7. The molecule has 18 heteroatoms. The van der Waals surface area contributed by atoms with Crippen molar-refractivity contribution in [1.82, 2.24) is 46.1 Å². The molecule has 2 amide bonds. The van der Waals surface area contributed by atoms with Gasteiger partial charge in [0.1, 0.15) is 36.1 Å². The van der Waals surface area contributed by atoms with Gasteiger partial charge in [0, 0.05) is 69.2 Å². The first-order valence-electron chi connectivity index (χ1n) is 19.1. The fraction of sp³-hybridized carbons (Fsp3) is 0.341. The maximum absolute atomic E-state index is 12.4. The van der Waals surface area contributed by atoms with Crippen LogP contribution in [0.4, 0.5) is 0 Å². The number of hydrogen-bond donors (Lipinski definition) is 2. The Morgan fingerprint density at radius 3 is 1.83 bits per heavy atom. The lowest BCUT2D eigenvalue weighted by atomic mass is 10.1. The van der Waals surface area contributed by atoms with Crippen molar-refractivity contribution in [3.63, 3.8) is 0 Å². The highest BCUT2D eigenvalue weighted by atomic mass is 35.5. The smallest absolute Gasteiger partial charge is 0.272 e. The Labute approximate surface area is 344 Å². The molecule has 306 valence electrons. The van der Waals surface area contributed by atoms with Crippen LogP contribution in [0.5, 0.6) is 11.8 Å². The molecular weight excluding hydrogens is 782 g/mol. The van der Waals surface area contributed by atoms with Gasteiger partial charge in [-0.25, -0.2) is 4.98 Å². The van der Waals surface area contributed by atoms with E-state index < -0.39 is 0 Å². The molecule has 2 aliphatic heterocycles. The van der Waals surface area contributed by atoms with Crippen LogP contribution in [0.15, 0.2) is 82.2 Å². The molecule has 0 unspecified atom stereocenters. The Hall–Kier alpha value is -6.30. The van der Waals surface area contributed by atoms with Gasteiger partial charge in [-0.05, 0) is 75.9 Å². The van der Waals surface area contributed by atoms with Crippen molar-refractivity contribution in [2.75, 3.05) is 26.4 Å². The van der Waals surface area contributed by atoms with Crippen LogP contribution in [0, 0.1) is 13.8 Å². The van der Waals surface area contributed by atoms with Crippen molar-refractivity contribution >= 4 is 23.4 Å². The summed E-state index contributed by atoms with van der Waals surface area (Å²) in [5.41, 5.74) is 4.86. The van der Waals surface area contributed by atoms with Gasteiger partial charge in [-0.3, -0.25) is 19.6 Å². The number of rotatable bonds is 12. The largest absolute Gasteiger partial charge is 0.473 e. The van der Waals surface area contributed by atoms with E-state index in [-0.39, 0.29) is 48.7 Å². The maximum Gasteiger partial charge on any atom is 0.272 e. The number of halogens is 1. The molecule has 0 atom stereocenters. The van der Waals surface area contributed by atoms with Crippen molar-refractivity contribution < 1.29 is 37.6 Å². The van der Waals surface area contributed by atoms with Crippen molar-refractivity contribution in [3.8, 4) is 34.5 Å². The Morgan fingerprint density at radius 2 is 1.29 bits per heavy atom. The van der Waals surface area contributed by atoms with E-state index in [4.69, 9.17) is 39.6 Å². The fourth-order valence-electron chi connectivity index (χ4n) is 6.17. The van der Waals surface area contributed by atoms with Crippen LogP contribution < -0.4 is 20.1 Å². The summed E-state index contributed by atoms with van der Waals surface area (Å²) in [7, 11) is 0. The minimum atomic E-state index is -0.257. The molecule has 0 aliphatic carbocycles. The standard InChI is InChI=1S/C21H22N4O4.C20H20ClN5O4/c1-14-17(20(25-29-14)18-4-2-3-9-22-18)13-28-19-6-5-15(12-23-19)21(26)24-16-7-10-27-11-8-16;1-12-15(19(26-30-12)16-3-2-13(21)10-22-16)11-29-18-5-4-17(24-25-18)20(27)23-14-6-8-28-9-7-14/h2-6,9,12,16H,7-8,10-11,13H2,1H3,(H,24,26);2-5,10,14H,6-9,11H2,1H3,(H,23,27). The molecule has 17 nitrogen and oxygen atoms in total.